The number of nitrogens with one attached hydrogen (secondary N) is 3. The average molecular weight is 485 g/mol. The van der Waals surface area contributed by atoms with Crippen molar-refractivity contribution < 1.29 is 4.79 Å². The van der Waals surface area contributed by atoms with Gasteiger partial charge in [-0.3, -0.25) is 10.2 Å². The van der Waals surface area contributed by atoms with E-state index in [0.717, 1.165) is 31.8 Å². The Kier molecular flexibility index (Phi) is 7.20. The Morgan fingerprint density at radius 1 is 1.08 bits per heavy atom. The highest BCUT2D eigenvalue weighted by Gasteiger charge is 2.38. The van der Waals surface area contributed by atoms with Crippen molar-refractivity contribution in [3.63, 3.8) is 0 Å². The van der Waals surface area contributed by atoms with Gasteiger partial charge in [0.15, 0.2) is 0 Å². The molecule has 1 unspecified atom stereocenters. The first-order chi connectivity index (χ1) is 17.5. The molecule has 2 heterocycles. The van der Waals surface area contributed by atoms with E-state index in [1.165, 1.54) is 21.9 Å². The van der Waals surface area contributed by atoms with Gasteiger partial charge in [0, 0.05) is 6.54 Å². The number of nitrogens with zero attached hydrogens (tertiary/aromatic N) is 2. The minimum atomic E-state index is -0.834. The van der Waals surface area contributed by atoms with Crippen LogP contribution in [0.1, 0.15) is 37.3 Å². The highest BCUT2D eigenvalue weighted by molar-refractivity contribution is 5.95. The molecule has 1 saturated heterocycles. The van der Waals surface area contributed by atoms with Gasteiger partial charge < -0.3 is 21.3 Å². The lowest BCUT2D eigenvalue weighted by atomic mass is 9.88. The predicted octanol–water partition coefficient (Wildman–Crippen LogP) is 3.10. The highest BCUT2D eigenvalue weighted by Crippen LogP contribution is 2.24. The molecule has 3 aromatic rings. The number of hydrogen-bond donors (Lipinski definition) is 4. The zero-order valence-corrected chi connectivity index (χ0v) is 20.9. The van der Waals surface area contributed by atoms with Crippen LogP contribution in [0.25, 0.3) is 10.8 Å². The molecule has 2 aliphatic rings. The molecular formula is C29H36N6O. The molecule has 188 valence electrons. The van der Waals surface area contributed by atoms with Crippen LogP contribution in [0.15, 0.2) is 77.9 Å². The van der Waals surface area contributed by atoms with Crippen LogP contribution >= 0.6 is 0 Å². The van der Waals surface area contributed by atoms with Crippen molar-refractivity contribution in [2.75, 3.05) is 13.1 Å². The smallest absolute Gasteiger partial charge is 0.240 e. The van der Waals surface area contributed by atoms with Gasteiger partial charge in [0.2, 0.25) is 5.91 Å². The summed E-state index contributed by atoms with van der Waals surface area (Å²) in [4.78, 5) is 15.5. The first kappa shape index (κ1) is 24.3. The van der Waals surface area contributed by atoms with Crippen LogP contribution in [0.3, 0.4) is 0 Å². The molecule has 0 spiro atoms. The molecule has 0 aromatic heterocycles. The number of amides is 1. The molecule has 5 N–H and O–H groups in total. The maximum absolute atomic E-state index is 13.2. The number of carbonyl (C=O) groups is 1. The van der Waals surface area contributed by atoms with Crippen LogP contribution in [-0.4, -0.2) is 47.5 Å². The van der Waals surface area contributed by atoms with Crippen molar-refractivity contribution in [3.05, 3.63) is 83.9 Å². The Labute approximate surface area is 213 Å². The Hall–Kier alpha value is -3.42. The van der Waals surface area contributed by atoms with Gasteiger partial charge in [-0.1, -0.05) is 72.8 Å². The maximum atomic E-state index is 13.2. The fourth-order valence-corrected chi connectivity index (χ4v) is 5.26. The monoisotopic (exact) mass is 484 g/mol. The Bertz CT molecular complexity index is 1220. The van der Waals surface area contributed by atoms with Crippen molar-refractivity contribution in [1.29, 1.82) is 0 Å². The van der Waals surface area contributed by atoms with E-state index in [4.69, 9.17) is 10.8 Å². The van der Waals surface area contributed by atoms with Gasteiger partial charge >= 0.3 is 0 Å². The lowest BCUT2D eigenvalue weighted by Gasteiger charge is -2.35. The van der Waals surface area contributed by atoms with Crippen LogP contribution in [0, 0.1) is 0 Å². The molecule has 0 saturated carbocycles. The number of carbonyl (C=O) groups excluding carboxylic acids is 1. The lowest BCUT2D eigenvalue weighted by Crippen LogP contribution is -2.61. The quantitative estimate of drug-likeness (QED) is 0.394. The minimum absolute atomic E-state index is 0.0317. The van der Waals surface area contributed by atoms with Crippen molar-refractivity contribution >= 4 is 22.5 Å². The van der Waals surface area contributed by atoms with Gasteiger partial charge in [-0.2, -0.15) is 5.10 Å². The molecule has 7 heteroatoms. The number of hydrogen-bond acceptors (Lipinski definition) is 6. The normalized spacial score (nSPS) is 20.0. The van der Waals surface area contributed by atoms with Gasteiger partial charge in [0.25, 0.3) is 0 Å². The maximum Gasteiger partial charge on any atom is 0.240 e. The number of fused-ring (bicyclic) bond motifs is 1. The molecule has 0 aliphatic carbocycles. The molecule has 5 rings (SSSR count). The molecule has 2 aliphatic heterocycles. The number of piperidine rings is 1. The van der Waals surface area contributed by atoms with Crippen LogP contribution < -0.4 is 21.8 Å². The molecule has 2 atom stereocenters. The number of hydrazone groups is 1. The summed E-state index contributed by atoms with van der Waals surface area (Å²) < 4.78 is 0. The van der Waals surface area contributed by atoms with Crippen molar-refractivity contribution in [1.82, 2.24) is 21.0 Å². The Morgan fingerprint density at radius 3 is 2.61 bits per heavy atom. The highest BCUT2D eigenvalue weighted by atomic mass is 16.2. The van der Waals surface area contributed by atoms with E-state index in [2.05, 4.69) is 87.7 Å². The summed E-state index contributed by atoms with van der Waals surface area (Å²) >= 11 is 0. The van der Waals surface area contributed by atoms with E-state index in [9.17, 15) is 4.79 Å². The molecule has 1 fully saturated rings. The first-order valence-corrected chi connectivity index (χ1v) is 12.9. The summed E-state index contributed by atoms with van der Waals surface area (Å²) in [6.45, 7) is 4.22. The van der Waals surface area contributed by atoms with Gasteiger partial charge in [0.1, 0.15) is 12.0 Å². The van der Waals surface area contributed by atoms with E-state index in [-0.39, 0.29) is 18.1 Å². The predicted molar refractivity (Wildman–Crippen MR) is 145 cm³/mol. The molecule has 0 radical (unpaired) electrons. The number of benzene rings is 3. The van der Waals surface area contributed by atoms with E-state index >= 15 is 0 Å². The summed E-state index contributed by atoms with van der Waals surface area (Å²) in [6.07, 6.45) is 3.14. The second-order valence-electron chi connectivity index (χ2n) is 10.0. The summed E-state index contributed by atoms with van der Waals surface area (Å²) in [5, 5.41) is 13.6. The van der Waals surface area contributed by atoms with Crippen LogP contribution in [-0.2, 0) is 17.8 Å². The van der Waals surface area contributed by atoms with Crippen LogP contribution in [0.5, 0.6) is 0 Å². The summed E-state index contributed by atoms with van der Waals surface area (Å²) in [6, 6.07) is 25.2. The Morgan fingerprint density at radius 2 is 1.81 bits per heavy atom. The van der Waals surface area contributed by atoms with Gasteiger partial charge in [0.05, 0.1) is 11.6 Å². The zero-order valence-electron chi connectivity index (χ0n) is 20.9. The fourth-order valence-electron chi connectivity index (χ4n) is 5.26. The molecule has 0 bridgehead atoms. The third kappa shape index (κ3) is 5.22. The second kappa shape index (κ2) is 10.7. The summed E-state index contributed by atoms with van der Waals surface area (Å²) in [5.74, 6) is 0.740. The van der Waals surface area contributed by atoms with Crippen LogP contribution in [0.4, 0.5) is 0 Å². The van der Waals surface area contributed by atoms with Gasteiger partial charge in [-0.05, 0) is 67.6 Å². The number of rotatable bonds is 8. The van der Waals surface area contributed by atoms with Crippen molar-refractivity contribution in [3.8, 4) is 0 Å². The minimum Gasteiger partial charge on any atom is -0.345 e. The molecular weight excluding hydrogens is 448 g/mol. The third-order valence-corrected chi connectivity index (χ3v) is 7.45. The molecule has 7 nitrogen and oxygen atoms in total. The number of nitrogens with two attached hydrogens (primary N) is 1. The van der Waals surface area contributed by atoms with E-state index in [1.54, 1.807) is 0 Å². The van der Waals surface area contributed by atoms with Crippen LogP contribution in [0.2, 0.25) is 0 Å². The fraction of sp³-hybridized carbons (Fsp3) is 0.379. The standard InChI is InChI=1S/C29H36N6O/c1-21(32-28(36)29(30)16-18-31-19-17-29)27-34-33-26(15-14-22-8-3-2-4-9-22)35(27)20-24-12-7-11-23-10-5-6-13-25(23)24/h2-13,21,26,31,33H,14-20,30H2,1H3,(H,32,36)/t21-,26?/m1/s1. The third-order valence-electron chi connectivity index (χ3n) is 7.45. The van der Waals surface area contributed by atoms with E-state index in [1.807, 2.05) is 13.0 Å². The second-order valence-corrected chi connectivity index (χ2v) is 10.0. The molecule has 36 heavy (non-hydrogen) atoms. The number of aryl methyl sites for hydroxylation is 1. The molecule has 1 amide bonds. The first-order valence-electron chi connectivity index (χ1n) is 12.9. The van der Waals surface area contributed by atoms with Gasteiger partial charge in [-0.15, -0.1) is 0 Å². The lowest BCUT2D eigenvalue weighted by molar-refractivity contribution is -0.127. The topological polar surface area (TPSA) is 94.8 Å². The summed E-state index contributed by atoms with van der Waals surface area (Å²) in [5.41, 5.74) is 11.6. The van der Waals surface area contributed by atoms with Crippen molar-refractivity contribution in [2.45, 2.75) is 56.9 Å². The average Bonchev–Trinajstić information content (AvgIpc) is 3.31. The molecule has 3 aromatic carbocycles. The van der Waals surface area contributed by atoms with E-state index < -0.39 is 5.54 Å². The Balaban J connectivity index is 1.36. The number of amidine groups is 1. The zero-order chi connectivity index (χ0) is 25.0. The largest absolute Gasteiger partial charge is 0.345 e. The SMILES string of the molecule is C[C@@H](NC(=O)C1(N)CCNCC1)C1=NNC(CCc2ccccc2)N1Cc1cccc2ccccc12. The van der Waals surface area contributed by atoms with Gasteiger partial charge in [-0.25, -0.2) is 0 Å². The van der Waals surface area contributed by atoms with Crippen molar-refractivity contribution in [2.24, 2.45) is 10.8 Å². The summed E-state index contributed by atoms with van der Waals surface area (Å²) in [7, 11) is 0. The van der Waals surface area contributed by atoms with E-state index in [0.29, 0.717) is 19.4 Å².